The van der Waals surface area contributed by atoms with Crippen LogP contribution >= 0.6 is 0 Å². The summed E-state index contributed by atoms with van der Waals surface area (Å²) in [6, 6.07) is 5.46. The molecule has 1 N–H and O–H groups in total. The lowest BCUT2D eigenvalue weighted by atomic mass is 10.0. The Morgan fingerprint density at radius 1 is 1.38 bits per heavy atom. The molecule has 0 spiro atoms. The molecule has 86 valence electrons. The van der Waals surface area contributed by atoms with Crippen LogP contribution < -0.4 is 5.32 Å². The van der Waals surface area contributed by atoms with Crippen LogP contribution in [0.3, 0.4) is 0 Å². The van der Waals surface area contributed by atoms with Gasteiger partial charge in [-0.05, 0) is 18.6 Å². The first kappa shape index (κ1) is 12.2. The summed E-state index contributed by atoms with van der Waals surface area (Å²) in [6.45, 7) is 3.67. The Bertz CT molecular complexity index is 413. The molecule has 0 atom stereocenters. The van der Waals surface area contributed by atoms with Gasteiger partial charge < -0.3 is 10.1 Å². The zero-order valence-corrected chi connectivity index (χ0v) is 9.66. The van der Waals surface area contributed by atoms with E-state index in [1.165, 1.54) is 14.0 Å². The van der Waals surface area contributed by atoms with Crippen molar-refractivity contribution in [2.75, 3.05) is 7.11 Å². The highest BCUT2D eigenvalue weighted by molar-refractivity contribution is 5.91. The Hall–Kier alpha value is -1.84. The van der Waals surface area contributed by atoms with Crippen molar-refractivity contribution in [3.63, 3.8) is 0 Å². The molecule has 1 amide bonds. The van der Waals surface area contributed by atoms with Gasteiger partial charge in [0.1, 0.15) is 0 Å². The maximum Gasteiger partial charge on any atom is 0.338 e. The molecule has 0 saturated carbocycles. The zero-order valence-electron chi connectivity index (χ0n) is 9.66. The molecule has 0 saturated heterocycles. The minimum atomic E-state index is -0.385. The van der Waals surface area contributed by atoms with Crippen molar-refractivity contribution >= 4 is 11.9 Å². The molecule has 0 aromatic heterocycles. The summed E-state index contributed by atoms with van der Waals surface area (Å²) in [4.78, 5) is 22.3. The standard InChI is InChI=1S/C12H15NO3/c1-8-4-5-10(7-13-9(2)14)11(6-8)12(15)16-3/h4-6H,7H2,1-3H3,(H,13,14). The molecule has 0 unspecified atom stereocenters. The summed E-state index contributed by atoms with van der Waals surface area (Å²) < 4.78 is 4.69. The van der Waals surface area contributed by atoms with Crippen LogP contribution in [0.1, 0.15) is 28.4 Å². The molecule has 1 aromatic rings. The number of hydrogen-bond acceptors (Lipinski definition) is 3. The predicted molar refractivity (Wildman–Crippen MR) is 60.0 cm³/mol. The lowest BCUT2D eigenvalue weighted by Gasteiger charge is -2.09. The van der Waals surface area contributed by atoms with E-state index in [2.05, 4.69) is 10.1 Å². The minimum Gasteiger partial charge on any atom is -0.465 e. The average molecular weight is 221 g/mol. The number of esters is 1. The van der Waals surface area contributed by atoms with Crippen LogP contribution in [0.15, 0.2) is 18.2 Å². The van der Waals surface area contributed by atoms with Crippen molar-refractivity contribution in [2.45, 2.75) is 20.4 Å². The number of methoxy groups -OCH3 is 1. The summed E-state index contributed by atoms with van der Waals surface area (Å²) in [5.41, 5.74) is 2.23. The number of aryl methyl sites for hydroxylation is 1. The van der Waals surface area contributed by atoms with Gasteiger partial charge in [-0.15, -0.1) is 0 Å². The molecule has 4 heteroatoms. The summed E-state index contributed by atoms with van der Waals surface area (Å²) in [5, 5.41) is 2.65. The predicted octanol–water partition coefficient (Wildman–Crippen LogP) is 1.42. The van der Waals surface area contributed by atoms with Gasteiger partial charge >= 0.3 is 5.97 Å². The highest BCUT2D eigenvalue weighted by Crippen LogP contribution is 2.12. The minimum absolute atomic E-state index is 0.128. The summed E-state index contributed by atoms with van der Waals surface area (Å²) in [6.07, 6.45) is 0. The van der Waals surface area contributed by atoms with Gasteiger partial charge in [-0.3, -0.25) is 4.79 Å². The summed E-state index contributed by atoms with van der Waals surface area (Å²) >= 11 is 0. The number of ether oxygens (including phenoxy) is 1. The second kappa shape index (κ2) is 5.30. The lowest BCUT2D eigenvalue weighted by Crippen LogP contribution is -2.21. The van der Waals surface area contributed by atoms with Crippen LogP contribution in [0.5, 0.6) is 0 Å². The molecule has 1 aromatic carbocycles. The van der Waals surface area contributed by atoms with Gasteiger partial charge in [0, 0.05) is 13.5 Å². The number of benzene rings is 1. The normalized spacial score (nSPS) is 9.69. The maximum absolute atomic E-state index is 11.5. The molecule has 0 bridgehead atoms. The van der Waals surface area contributed by atoms with Gasteiger partial charge in [-0.1, -0.05) is 17.7 Å². The van der Waals surface area contributed by atoms with E-state index in [1.54, 1.807) is 6.07 Å². The monoisotopic (exact) mass is 221 g/mol. The summed E-state index contributed by atoms with van der Waals surface area (Å²) in [5.74, 6) is -0.513. The van der Waals surface area contributed by atoms with Gasteiger partial charge in [0.15, 0.2) is 0 Å². The van der Waals surface area contributed by atoms with Crippen LogP contribution in [0, 0.1) is 6.92 Å². The molecule has 0 aliphatic rings. The van der Waals surface area contributed by atoms with Crippen molar-refractivity contribution in [2.24, 2.45) is 0 Å². The topological polar surface area (TPSA) is 55.4 Å². The van der Waals surface area contributed by atoms with Crippen LogP contribution in [-0.2, 0) is 16.1 Å². The molecule has 0 fully saturated rings. The number of carbonyl (C=O) groups excluding carboxylic acids is 2. The largest absolute Gasteiger partial charge is 0.465 e. The number of nitrogens with one attached hydrogen (secondary N) is 1. The van der Waals surface area contributed by atoms with Crippen LogP contribution in [-0.4, -0.2) is 19.0 Å². The molecule has 0 radical (unpaired) electrons. The fraction of sp³-hybridized carbons (Fsp3) is 0.333. The van der Waals surface area contributed by atoms with Gasteiger partial charge in [-0.2, -0.15) is 0 Å². The van der Waals surface area contributed by atoms with E-state index in [0.29, 0.717) is 12.1 Å². The number of hydrogen-bond donors (Lipinski definition) is 1. The van der Waals surface area contributed by atoms with E-state index >= 15 is 0 Å². The Balaban J connectivity index is 2.98. The third-order valence-corrected chi connectivity index (χ3v) is 2.20. The first-order chi connectivity index (χ1) is 7.54. The van der Waals surface area contributed by atoms with E-state index in [0.717, 1.165) is 11.1 Å². The third kappa shape index (κ3) is 3.08. The molecule has 16 heavy (non-hydrogen) atoms. The Labute approximate surface area is 94.6 Å². The highest BCUT2D eigenvalue weighted by atomic mass is 16.5. The van der Waals surface area contributed by atoms with Crippen LogP contribution in [0.2, 0.25) is 0 Å². The van der Waals surface area contributed by atoms with E-state index < -0.39 is 0 Å². The van der Waals surface area contributed by atoms with Crippen LogP contribution in [0.25, 0.3) is 0 Å². The number of carbonyl (C=O) groups is 2. The first-order valence-electron chi connectivity index (χ1n) is 4.97. The highest BCUT2D eigenvalue weighted by Gasteiger charge is 2.11. The van der Waals surface area contributed by atoms with E-state index in [4.69, 9.17) is 0 Å². The van der Waals surface area contributed by atoms with Crippen molar-refractivity contribution in [1.29, 1.82) is 0 Å². The Morgan fingerprint density at radius 2 is 2.06 bits per heavy atom. The van der Waals surface area contributed by atoms with Gasteiger partial charge in [0.2, 0.25) is 5.91 Å². The second-order valence-corrected chi connectivity index (χ2v) is 3.56. The molecule has 0 aliphatic heterocycles. The van der Waals surface area contributed by atoms with Crippen LogP contribution in [0.4, 0.5) is 0 Å². The van der Waals surface area contributed by atoms with E-state index in [9.17, 15) is 9.59 Å². The molecule has 0 heterocycles. The average Bonchev–Trinajstić information content (AvgIpc) is 2.26. The van der Waals surface area contributed by atoms with E-state index in [-0.39, 0.29) is 11.9 Å². The SMILES string of the molecule is COC(=O)c1cc(C)ccc1CNC(C)=O. The van der Waals surface area contributed by atoms with E-state index in [1.807, 2.05) is 19.1 Å². The molecular formula is C12H15NO3. The van der Waals surface area contributed by atoms with Gasteiger partial charge in [0.05, 0.1) is 12.7 Å². The fourth-order valence-corrected chi connectivity index (χ4v) is 1.36. The molecule has 4 nitrogen and oxygen atoms in total. The second-order valence-electron chi connectivity index (χ2n) is 3.56. The zero-order chi connectivity index (χ0) is 12.1. The quantitative estimate of drug-likeness (QED) is 0.785. The van der Waals surface area contributed by atoms with Crippen molar-refractivity contribution in [1.82, 2.24) is 5.32 Å². The van der Waals surface area contributed by atoms with Crippen molar-refractivity contribution in [3.8, 4) is 0 Å². The molecular weight excluding hydrogens is 206 g/mol. The lowest BCUT2D eigenvalue weighted by molar-refractivity contribution is -0.119. The fourth-order valence-electron chi connectivity index (χ4n) is 1.36. The van der Waals surface area contributed by atoms with Crippen molar-refractivity contribution in [3.05, 3.63) is 34.9 Å². The smallest absolute Gasteiger partial charge is 0.338 e. The summed E-state index contributed by atoms with van der Waals surface area (Å²) in [7, 11) is 1.34. The van der Waals surface area contributed by atoms with Gasteiger partial charge in [0.25, 0.3) is 0 Å². The van der Waals surface area contributed by atoms with Gasteiger partial charge in [-0.25, -0.2) is 4.79 Å². The Morgan fingerprint density at radius 3 is 2.62 bits per heavy atom. The Kier molecular flexibility index (Phi) is 4.05. The molecule has 1 rings (SSSR count). The third-order valence-electron chi connectivity index (χ3n) is 2.20. The maximum atomic E-state index is 11.5. The van der Waals surface area contributed by atoms with Crippen molar-refractivity contribution < 1.29 is 14.3 Å². The number of rotatable bonds is 3. The number of amides is 1. The first-order valence-corrected chi connectivity index (χ1v) is 4.97. The molecule has 0 aliphatic carbocycles.